The van der Waals surface area contributed by atoms with Crippen LogP contribution in [0.4, 0.5) is 23.1 Å². The van der Waals surface area contributed by atoms with Crippen LogP contribution >= 0.6 is 15.9 Å². The van der Waals surface area contributed by atoms with Gasteiger partial charge in [0.1, 0.15) is 0 Å². The van der Waals surface area contributed by atoms with Crippen molar-refractivity contribution in [2.24, 2.45) is 0 Å². The third-order valence-corrected chi connectivity index (χ3v) is 4.50. The molecule has 0 spiro atoms. The highest BCUT2D eigenvalue weighted by Gasteiger charge is 2.03. The lowest BCUT2D eigenvalue weighted by atomic mass is 10.1. The fourth-order valence-corrected chi connectivity index (χ4v) is 2.49. The van der Waals surface area contributed by atoms with Crippen LogP contribution in [0.2, 0.25) is 0 Å². The number of anilines is 4. The Kier molecular flexibility index (Phi) is 5.05. The zero-order valence-corrected chi connectivity index (χ0v) is 15.1. The summed E-state index contributed by atoms with van der Waals surface area (Å²) in [5, 5.41) is 14.4. The number of aryl methyl sites for hydroxylation is 2. The first-order valence-corrected chi connectivity index (χ1v) is 8.52. The van der Waals surface area contributed by atoms with Gasteiger partial charge in [-0.25, -0.2) is 0 Å². The van der Waals surface area contributed by atoms with E-state index in [2.05, 4.69) is 60.8 Å². The third-order valence-electron chi connectivity index (χ3n) is 3.61. The summed E-state index contributed by atoms with van der Waals surface area (Å²) in [6, 6.07) is 14.2. The topological polar surface area (TPSA) is 62.7 Å². The van der Waals surface area contributed by atoms with E-state index in [1.807, 2.05) is 37.3 Å². The molecule has 0 saturated carbocycles. The monoisotopic (exact) mass is 383 g/mol. The van der Waals surface area contributed by atoms with Gasteiger partial charge in [0, 0.05) is 15.8 Å². The van der Waals surface area contributed by atoms with Crippen LogP contribution in [0.25, 0.3) is 0 Å². The zero-order chi connectivity index (χ0) is 16.9. The first-order chi connectivity index (χ1) is 11.6. The molecule has 3 aromatic rings. The van der Waals surface area contributed by atoms with Gasteiger partial charge < -0.3 is 10.6 Å². The molecule has 0 saturated heterocycles. The standard InChI is InChI=1S/C18H18BrN5/c1-3-13-4-6-14(7-5-13)21-17-11-20-24-18(23-17)22-15-8-9-16(19)12(2)10-15/h4-11H,3H2,1-2H3,(H2,21,22,23,24). The molecule has 24 heavy (non-hydrogen) atoms. The number of benzene rings is 2. The van der Waals surface area contributed by atoms with Gasteiger partial charge in [-0.05, 0) is 54.8 Å². The normalized spacial score (nSPS) is 10.5. The Morgan fingerprint density at radius 1 is 1.00 bits per heavy atom. The van der Waals surface area contributed by atoms with E-state index in [4.69, 9.17) is 0 Å². The fourth-order valence-electron chi connectivity index (χ4n) is 2.24. The summed E-state index contributed by atoms with van der Waals surface area (Å²) in [6.45, 7) is 4.17. The van der Waals surface area contributed by atoms with E-state index >= 15 is 0 Å². The van der Waals surface area contributed by atoms with Gasteiger partial charge in [0.25, 0.3) is 0 Å². The van der Waals surface area contributed by atoms with E-state index in [1.54, 1.807) is 6.20 Å². The van der Waals surface area contributed by atoms with E-state index in [0.29, 0.717) is 11.8 Å². The number of nitrogens with zero attached hydrogens (tertiary/aromatic N) is 3. The number of aromatic nitrogens is 3. The summed E-state index contributed by atoms with van der Waals surface area (Å²) >= 11 is 3.49. The predicted octanol–water partition coefficient (Wildman–Crippen LogP) is 4.99. The molecule has 2 aromatic carbocycles. The van der Waals surface area contributed by atoms with E-state index < -0.39 is 0 Å². The van der Waals surface area contributed by atoms with Crippen LogP contribution in [0, 0.1) is 6.92 Å². The molecule has 0 aliphatic heterocycles. The van der Waals surface area contributed by atoms with E-state index in [1.165, 1.54) is 5.56 Å². The summed E-state index contributed by atoms with van der Waals surface area (Å²) in [4.78, 5) is 4.45. The van der Waals surface area contributed by atoms with Gasteiger partial charge >= 0.3 is 0 Å². The molecule has 0 radical (unpaired) electrons. The molecular weight excluding hydrogens is 366 g/mol. The van der Waals surface area contributed by atoms with Crippen LogP contribution in [-0.4, -0.2) is 15.2 Å². The summed E-state index contributed by atoms with van der Waals surface area (Å²) in [6.07, 6.45) is 2.63. The molecule has 2 N–H and O–H groups in total. The largest absolute Gasteiger partial charge is 0.339 e. The Bertz CT molecular complexity index is 833. The Hall–Kier alpha value is -2.47. The molecule has 0 bridgehead atoms. The van der Waals surface area contributed by atoms with E-state index in [9.17, 15) is 0 Å². The molecule has 122 valence electrons. The van der Waals surface area contributed by atoms with Crippen LogP contribution in [0.5, 0.6) is 0 Å². The highest BCUT2D eigenvalue weighted by molar-refractivity contribution is 9.10. The second kappa shape index (κ2) is 7.40. The van der Waals surface area contributed by atoms with E-state index in [0.717, 1.165) is 27.8 Å². The summed E-state index contributed by atoms with van der Waals surface area (Å²) < 4.78 is 1.07. The second-order valence-electron chi connectivity index (χ2n) is 5.43. The van der Waals surface area contributed by atoms with Crippen LogP contribution in [0.1, 0.15) is 18.1 Å². The number of halogens is 1. The highest BCUT2D eigenvalue weighted by atomic mass is 79.9. The smallest absolute Gasteiger partial charge is 0.249 e. The summed E-state index contributed by atoms with van der Waals surface area (Å²) in [7, 11) is 0. The quantitative estimate of drug-likeness (QED) is 0.649. The minimum atomic E-state index is 0.451. The van der Waals surface area contributed by atoms with Gasteiger partial charge in [-0.1, -0.05) is 35.0 Å². The van der Waals surface area contributed by atoms with E-state index in [-0.39, 0.29) is 0 Å². The molecule has 3 rings (SSSR count). The number of hydrogen-bond acceptors (Lipinski definition) is 5. The zero-order valence-electron chi connectivity index (χ0n) is 13.5. The van der Waals surface area contributed by atoms with Gasteiger partial charge in [0.05, 0.1) is 6.20 Å². The maximum Gasteiger partial charge on any atom is 0.249 e. The highest BCUT2D eigenvalue weighted by Crippen LogP contribution is 2.22. The van der Waals surface area contributed by atoms with Crippen LogP contribution in [-0.2, 0) is 6.42 Å². The number of hydrogen-bond donors (Lipinski definition) is 2. The molecule has 0 atom stereocenters. The lowest BCUT2D eigenvalue weighted by molar-refractivity contribution is 0.982. The van der Waals surface area contributed by atoms with Crippen molar-refractivity contribution in [3.05, 3.63) is 64.3 Å². The van der Waals surface area contributed by atoms with Gasteiger partial charge in [-0.15, -0.1) is 5.10 Å². The summed E-state index contributed by atoms with van der Waals surface area (Å²) in [5.74, 6) is 1.09. The lowest BCUT2D eigenvalue weighted by Gasteiger charge is -2.09. The van der Waals surface area contributed by atoms with Gasteiger partial charge in [-0.3, -0.25) is 0 Å². The first-order valence-electron chi connectivity index (χ1n) is 7.73. The average Bonchev–Trinajstić information content (AvgIpc) is 2.59. The van der Waals surface area contributed by atoms with Crippen molar-refractivity contribution in [3.8, 4) is 0 Å². The molecule has 0 aliphatic carbocycles. The Morgan fingerprint density at radius 3 is 2.46 bits per heavy atom. The molecule has 6 heteroatoms. The minimum absolute atomic E-state index is 0.451. The van der Waals surface area contributed by atoms with Crippen LogP contribution < -0.4 is 10.6 Å². The molecular formula is C18H18BrN5. The third kappa shape index (κ3) is 4.08. The Morgan fingerprint density at radius 2 is 1.75 bits per heavy atom. The van der Waals surface area contributed by atoms with Crippen molar-refractivity contribution in [2.75, 3.05) is 10.6 Å². The first kappa shape index (κ1) is 16.4. The van der Waals surface area contributed by atoms with Crippen LogP contribution in [0.15, 0.2) is 53.1 Å². The minimum Gasteiger partial charge on any atom is -0.339 e. The maximum absolute atomic E-state index is 4.45. The SMILES string of the molecule is CCc1ccc(Nc2cnnc(Nc3ccc(Br)c(C)c3)n2)cc1. The lowest BCUT2D eigenvalue weighted by Crippen LogP contribution is -2.02. The van der Waals surface area contributed by atoms with Crippen molar-refractivity contribution >= 4 is 39.1 Å². The molecule has 0 amide bonds. The molecule has 1 heterocycles. The van der Waals surface area contributed by atoms with Crippen LogP contribution in [0.3, 0.4) is 0 Å². The molecule has 0 fully saturated rings. The molecule has 0 aliphatic rings. The van der Waals surface area contributed by atoms with Crippen molar-refractivity contribution in [3.63, 3.8) is 0 Å². The molecule has 0 unspecified atom stereocenters. The number of nitrogens with one attached hydrogen (secondary N) is 2. The Labute approximate surface area is 149 Å². The Balaban J connectivity index is 1.74. The van der Waals surface area contributed by atoms with Gasteiger partial charge in [-0.2, -0.15) is 10.1 Å². The predicted molar refractivity (Wildman–Crippen MR) is 101 cm³/mol. The molecule has 1 aromatic heterocycles. The van der Waals surface area contributed by atoms with Crippen molar-refractivity contribution in [1.82, 2.24) is 15.2 Å². The molecule has 5 nitrogen and oxygen atoms in total. The fraction of sp³-hybridized carbons (Fsp3) is 0.167. The average molecular weight is 384 g/mol. The van der Waals surface area contributed by atoms with Crippen molar-refractivity contribution in [2.45, 2.75) is 20.3 Å². The van der Waals surface area contributed by atoms with Gasteiger partial charge in [0.2, 0.25) is 5.95 Å². The summed E-state index contributed by atoms with van der Waals surface area (Å²) in [5.41, 5.74) is 4.33. The second-order valence-corrected chi connectivity index (χ2v) is 6.28. The number of rotatable bonds is 5. The van der Waals surface area contributed by atoms with Crippen molar-refractivity contribution < 1.29 is 0 Å². The van der Waals surface area contributed by atoms with Gasteiger partial charge in [0.15, 0.2) is 5.82 Å². The maximum atomic E-state index is 4.45. The van der Waals surface area contributed by atoms with Crippen molar-refractivity contribution in [1.29, 1.82) is 0 Å².